The Kier molecular flexibility index (Phi) is 17.3. The molecule has 1 aliphatic rings. The summed E-state index contributed by atoms with van der Waals surface area (Å²) in [6, 6.07) is 18.5. The average Bonchev–Trinajstić information content (AvgIpc) is 3.13. The van der Waals surface area contributed by atoms with Crippen molar-refractivity contribution in [1.29, 1.82) is 0 Å². The molecule has 50 heavy (non-hydrogen) atoms. The van der Waals surface area contributed by atoms with E-state index in [9.17, 15) is 19.8 Å². The monoisotopic (exact) mass is 704 g/mol. The Morgan fingerprint density at radius 2 is 1.48 bits per heavy atom. The van der Waals surface area contributed by atoms with Crippen molar-refractivity contribution in [3.8, 4) is 0 Å². The number of aliphatic hydroxyl groups excluding tert-OH is 1. The van der Waals surface area contributed by atoms with Crippen LogP contribution in [0.15, 0.2) is 71.9 Å². The SMILES string of the molecule is CCCCCCCCCCCCCCCC(=O)Nc1cccc(C2O[C@H](CSc3ncccc3C(=O)O)[C@H](C)[C@H](c3ccc(CO)cc3)O2)c1. The summed E-state index contributed by atoms with van der Waals surface area (Å²) in [6.45, 7) is 4.28. The fraction of sp³-hybridized carbons (Fsp3) is 0.537. The number of pyridine rings is 1. The third kappa shape index (κ3) is 12.8. The summed E-state index contributed by atoms with van der Waals surface area (Å²) in [5, 5.41) is 22.7. The second kappa shape index (κ2) is 21.9. The van der Waals surface area contributed by atoms with Crippen molar-refractivity contribution in [3.05, 3.63) is 89.1 Å². The quantitative estimate of drug-likeness (QED) is 0.0699. The number of nitrogens with one attached hydrogen (secondary N) is 1. The largest absolute Gasteiger partial charge is 0.478 e. The van der Waals surface area contributed by atoms with Crippen molar-refractivity contribution >= 4 is 29.3 Å². The number of amides is 1. The van der Waals surface area contributed by atoms with Crippen LogP contribution in [0.3, 0.4) is 0 Å². The summed E-state index contributed by atoms with van der Waals surface area (Å²) in [7, 11) is 0. The van der Waals surface area contributed by atoms with Crippen LogP contribution in [0.2, 0.25) is 0 Å². The minimum Gasteiger partial charge on any atom is -0.478 e. The summed E-state index contributed by atoms with van der Waals surface area (Å²) in [6.07, 6.45) is 17.3. The van der Waals surface area contributed by atoms with Gasteiger partial charge in [-0.2, -0.15) is 0 Å². The molecule has 1 amide bonds. The zero-order chi connectivity index (χ0) is 35.6. The van der Waals surface area contributed by atoms with Gasteiger partial charge in [-0.05, 0) is 41.8 Å². The molecular formula is C41H56N2O6S. The number of nitrogens with zero attached hydrogens (tertiary/aromatic N) is 1. The van der Waals surface area contributed by atoms with E-state index in [1.807, 2.05) is 48.5 Å². The lowest BCUT2D eigenvalue weighted by Gasteiger charge is -2.41. The molecule has 3 aromatic rings. The van der Waals surface area contributed by atoms with Crippen LogP contribution in [-0.2, 0) is 20.9 Å². The topological polar surface area (TPSA) is 118 Å². The van der Waals surface area contributed by atoms with E-state index in [0.717, 1.165) is 29.5 Å². The number of aromatic nitrogens is 1. The van der Waals surface area contributed by atoms with E-state index in [4.69, 9.17) is 9.47 Å². The molecule has 4 atom stereocenters. The summed E-state index contributed by atoms with van der Waals surface area (Å²) < 4.78 is 13.1. The van der Waals surface area contributed by atoms with E-state index in [1.54, 1.807) is 18.3 Å². The number of ether oxygens (including phenoxy) is 2. The number of rotatable bonds is 22. The van der Waals surface area contributed by atoms with Crippen molar-refractivity contribution in [1.82, 2.24) is 4.98 Å². The van der Waals surface area contributed by atoms with Gasteiger partial charge in [0.1, 0.15) is 5.03 Å². The minimum absolute atomic E-state index is 0.00467. The number of carbonyl (C=O) groups is 2. The van der Waals surface area contributed by atoms with Crippen LogP contribution in [0, 0.1) is 5.92 Å². The summed E-state index contributed by atoms with van der Waals surface area (Å²) >= 11 is 1.35. The molecule has 0 bridgehead atoms. The van der Waals surface area contributed by atoms with Gasteiger partial charge in [0.15, 0.2) is 6.29 Å². The number of anilines is 1. The van der Waals surface area contributed by atoms with Gasteiger partial charge in [-0.3, -0.25) is 4.79 Å². The van der Waals surface area contributed by atoms with Crippen LogP contribution in [-0.4, -0.2) is 38.9 Å². The molecule has 272 valence electrons. The first kappa shape index (κ1) is 39.5. The van der Waals surface area contributed by atoms with Crippen molar-refractivity contribution < 1.29 is 29.3 Å². The third-order valence-corrected chi connectivity index (χ3v) is 10.6. The molecule has 1 unspecified atom stereocenters. The van der Waals surface area contributed by atoms with Gasteiger partial charge in [0.05, 0.1) is 24.4 Å². The zero-order valence-electron chi connectivity index (χ0n) is 29.9. The molecule has 1 saturated heterocycles. The van der Waals surface area contributed by atoms with Gasteiger partial charge in [-0.15, -0.1) is 11.8 Å². The zero-order valence-corrected chi connectivity index (χ0v) is 30.7. The molecule has 2 aromatic carbocycles. The predicted molar refractivity (Wildman–Crippen MR) is 200 cm³/mol. The maximum absolute atomic E-state index is 12.8. The Bertz CT molecular complexity index is 1450. The highest BCUT2D eigenvalue weighted by molar-refractivity contribution is 7.99. The lowest BCUT2D eigenvalue weighted by atomic mass is 9.91. The molecular weight excluding hydrogens is 649 g/mol. The normalized spacial score (nSPS) is 18.9. The number of benzene rings is 2. The molecule has 2 heterocycles. The number of aliphatic hydroxyl groups is 1. The molecule has 1 aliphatic heterocycles. The van der Waals surface area contributed by atoms with Gasteiger partial charge in [-0.1, -0.05) is 127 Å². The first-order valence-corrected chi connectivity index (χ1v) is 19.6. The lowest BCUT2D eigenvalue weighted by Crippen LogP contribution is -2.38. The Labute approximate surface area is 302 Å². The molecule has 0 aliphatic carbocycles. The van der Waals surface area contributed by atoms with Crippen molar-refractivity contribution in [3.63, 3.8) is 0 Å². The van der Waals surface area contributed by atoms with E-state index < -0.39 is 12.3 Å². The van der Waals surface area contributed by atoms with Crippen LogP contribution in [0.4, 0.5) is 5.69 Å². The third-order valence-electron chi connectivity index (χ3n) is 9.46. The van der Waals surface area contributed by atoms with Gasteiger partial charge in [0.2, 0.25) is 5.91 Å². The van der Waals surface area contributed by atoms with Gasteiger partial charge in [0, 0.05) is 35.5 Å². The molecule has 0 saturated carbocycles. The fourth-order valence-electron chi connectivity index (χ4n) is 6.43. The van der Waals surface area contributed by atoms with Crippen molar-refractivity contribution in [2.24, 2.45) is 5.92 Å². The lowest BCUT2D eigenvalue weighted by molar-refractivity contribution is -0.268. The number of carboxylic acid groups (broad SMARTS) is 1. The number of thioether (sulfide) groups is 1. The van der Waals surface area contributed by atoms with Crippen LogP contribution in [0.25, 0.3) is 0 Å². The van der Waals surface area contributed by atoms with Gasteiger partial charge >= 0.3 is 5.97 Å². The number of aromatic carboxylic acids is 1. The highest BCUT2D eigenvalue weighted by atomic mass is 32.2. The van der Waals surface area contributed by atoms with Crippen molar-refractivity contribution in [2.45, 2.75) is 134 Å². The van der Waals surface area contributed by atoms with E-state index in [0.29, 0.717) is 22.9 Å². The number of hydrogen-bond donors (Lipinski definition) is 3. The summed E-state index contributed by atoms with van der Waals surface area (Å²) in [5.74, 6) is -0.614. The highest BCUT2D eigenvalue weighted by Gasteiger charge is 2.38. The molecule has 0 spiro atoms. The molecule has 3 N–H and O–H groups in total. The van der Waals surface area contributed by atoms with Crippen LogP contribution >= 0.6 is 11.8 Å². The number of carboxylic acids is 1. The number of hydrogen-bond acceptors (Lipinski definition) is 7. The first-order valence-electron chi connectivity index (χ1n) is 18.6. The second-order valence-electron chi connectivity index (χ2n) is 13.5. The molecule has 9 heteroatoms. The second-order valence-corrected chi connectivity index (χ2v) is 14.5. The Balaban J connectivity index is 1.30. The maximum atomic E-state index is 12.8. The maximum Gasteiger partial charge on any atom is 0.338 e. The fourth-order valence-corrected chi connectivity index (χ4v) is 7.58. The summed E-state index contributed by atoms with van der Waals surface area (Å²) in [4.78, 5) is 28.9. The molecule has 8 nitrogen and oxygen atoms in total. The highest BCUT2D eigenvalue weighted by Crippen LogP contribution is 2.43. The Hall–Kier alpha value is -3.24. The first-order chi connectivity index (χ1) is 24.4. The van der Waals surface area contributed by atoms with Crippen LogP contribution < -0.4 is 5.32 Å². The van der Waals surface area contributed by atoms with E-state index in [1.165, 1.54) is 82.4 Å². The minimum atomic E-state index is -1.02. The Morgan fingerprint density at radius 1 is 0.820 bits per heavy atom. The number of unbranched alkanes of at least 4 members (excludes halogenated alkanes) is 12. The molecule has 1 fully saturated rings. The van der Waals surface area contributed by atoms with E-state index in [-0.39, 0.29) is 36.2 Å². The van der Waals surface area contributed by atoms with Gasteiger partial charge in [-0.25, -0.2) is 9.78 Å². The molecule has 0 radical (unpaired) electrons. The average molecular weight is 705 g/mol. The van der Waals surface area contributed by atoms with Gasteiger partial charge < -0.3 is 25.0 Å². The predicted octanol–water partition coefficient (Wildman–Crippen LogP) is 10.3. The Morgan fingerprint density at radius 3 is 2.12 bits per heavy atom. The standard InChI is InChI=1S/C41H56N2O6S/c1-3-4-5-6-7-8-9-10-11-12-13-14-15-21-37(45)43-34-19-16-18-33(27-34)41-48-36(29-50-39-35(40(46)47)20-17-26-42-39)30(2)38(49-41)32-24-22-31(28-44)23-25-32/h16-20,22-27,30,36,38,41,44H,3-15,21,28-29H2,1-2H3,(H,43,45)(H,46,47)/t30-,36+,38+,41?/m0/s1. The van der Waals surface area contributed by atoms with E-state index >= 15 is 0 Å². The van der Waals surface area contributed by atoms with Crippen molar-refractivity contribution in [2.75, 3.05) is 11.1 Å². The van der Waals surface area contributed by atoms with E-state index in [2.05, 4.69) is 24.1 Å². The van der Waals surface area contributed by atoms with Crippen LogP contribution in [0.5, 0.6) is 0 Å². The number of carbonyl (C=O) groups excluding carboxylic acids is 1. The van der Waals surface area contributed by atoms with Gasteiger partial charge in [0.25, 0.3) is 0 Å². The smallest absolute Gasteiger partial charge is 0.338 e. The molecule has 1 aromatic heterocycles. The summed E-state index contributed by atoms with van der Waals surface area (Å²) in [5.41, 5.74) is 3.42. The molecule has 4 rings (SSSR count). The van der Waals surface area contributed by atoms with Crippen LogP contribution in [0.1, 0.15) is 143 Å².